The van der Waals surface area contributed by atoms with Gasteiger partial charge in [-0.05, 0) is 42.2 Å². The van der Waals surface area contributed by atoms with Crippen molar-refractivity contribution in [1.82, 2.24) is 35.5 Å². The third-order valence-corrected chi connectivity index (χ3v) is 7.77. The molecule has 5 heterocycles. The van der Waals surface area contributed by atoms with Gasteiger partial charge in [0.2, 0.25) is 0 Å². The van der Waals surface area contributed by atoms with E-state index < -0.39 is 0 Å². The second kappa shape index (κ2) is 12.7. The number of urea groups is 1. The van der Waals surface area contributed by atoms with E-state index in [0.717, 1.165) is 95.0 Å². The Labute approximate surface area is 235 Å². The molecule has 1 atom stereocenters. The second-order valence-electron chi connectivity index (χ2n) is 10.8. The number of rotatable bonds is 9. The predicted octanol–water partition coefficient (Wildman–Crippen LogP) is 2.91. The zero-order valence-corrected chi connectivity index (χ0v) is 22.9. The van der Waals surface area contributed by atoms with Crippen molar-refractivity contribution in [3.05, 3.63) is 72.1 Å². The van der Waals surface area contributed by atoms with Gasteiger partial charge in [0, 0.05) is 76.4 Å². The van der Waals surface area contributed by atoms with Crippen LogP contribution in [-0.2, 0) is 11.3 Å². The Hall–Kier alpha value is -3.57. The first-order chi connectivity index (χ1) is 19.7. The number of amides is 2. The highest BCUT2D eigenvalue weighted by molar-refractivity contribution is 5.90. The molecule has 0 aliphatic carbocycles. The van der Waals surface area contributed by atoms with E-state index in [9.17, 15) is 4.79 Å². The summed E-state index contributed by atoms with van der Waals surface area (Å²) in [5.41, 5.74) is 8.53. The molecule has 2 fully saturated rings. The van der Waals surface area contributed by atoms with Gasteiger partial charge in [0.25, 0.3) is 0 Å². The van der Waals surface area contributed by atoms with Gasteiger partial charge in [-0.25, -0.2) is 15.2 Å². The minimum Gasteiger partial charge on any atom is -0.379 e. The van der Waals surface area contributed by atoms with Gasteiger partial charge < -0.3 is 15.1 Å². The van der Waals surface area contributed by atoms with Gasteiger partial charge in [-0.1, -0.05) is 30.3 Å². The molecule has 2 amide bonds. The number of hydrogen-bond acceptors (Lipinski definition) is 8. The van der Waals surface area contributed by atoms with Crippen molar-refractivity contribution in [3.8, 4) is 0 Å². The fraction of sp³-hybridized carbons (Fsp3) is 0.433. The zero-order chi connectivity index (χ0) is 27.1. The van der Waals surface area contributed by atoms with Crippen LogP contribution in [0.1, 0.15) is 24.0 Å². The summed E-state index contributed by atoms with van der Waals surface area (Å²) in [4.78, 5) is 26.9. The minimum absolute atomic E-state index is 0.121. The van der Waals surface area contributed by atoms with E-state index in [1.807, 2.05) is 18.3 Å². The molecular formula is C30H38N8O2. The number of hydrazine groups is 1. The van der Waals surface area contributed by atoms with Crippen LogP contribution in [0.15, 0.2) is 60.9 Å². The molecule has 10 heteroatoms. The van der Waals surface area contributed by atoms with E-state index in [2.05, 4.69) is 72.4 Å². The number of aromatic nitrogens is 2. The Morgan fingerprint density at radius 1 is 1.02 bits per heavy atom. The van der Waals surface area contributed by atoms with Crippen LogP contribution in [0.4, 0.5) is 10.6 Å². The van der Waals surface area contributed by atoms with Gasteiger partial charge >= 0.3 is 6.03 Å². The smallest absolute Gasteiger partial charge is 0.320 e. The summed E-state index contributed by atoms with van der Waals surface area (Å²) >= 11 is 0. The number of hydrogen-bond donors (Lipinski definition) is 3. The fourth-order valence-corrected chi connectivity index (χ4v) is 5.60. The highest BCUT2D eigenvalue weighted by Crippen LogP contribution is 2.22. The van der Waals surface area contributed by atoms with Gasteiger partial charge in [0.05, 0.1) is 24.2 Å². The molecule has 0 radical (unpaired) electrons. The number of carbonyl (C=O) groups is 1. The first-order valence-corrected chi connectivity index (χ1v) is 14.3. The molecule has 2 saturated heterocycles. The van der Waals surface area contributed by atoms with E-state index in [1.165, 1.54) is 11.1 Å². The Kier molecular flexibility index (Phi) is 8.48. The van der Waals surface area contributed by atoms with Crippen molar-refractivity contribution in [2.24, 2.45) is 0 Å². The molecule has 10 nitrogen and oxygen atoms in total. The molecule has 210 valence electrons. The van der Waals surface area contributed by atoms with E-state index in [-0.39, 0.29) is 12.1 Å². The number of likely N-dealkylation sites (tertiary alicyclic amines) is 1. The molecule has 0 saturated carbocycles. The van der Waals surface area contributed by atoms with Crippen molar-refractivity contribution in [3.63, 3.8) is 0 Å². The van der Waals surface area contributed by atoms with E-state index in [0.29, 0.717) is 5.82 Å². The van der Waals surface area contributed by atoms with Gasteiger partial charge in [0.1, 0.15) is 5.82 Å². The number of ether oxygens (including phenoxy) is 1. The summed E-state index contributed by atoms with van der Waals surface area (Å²) in [6, 6.07) is 16.1. The molecule has 2 aromatic heterocycles. The quantitative estimate of drug-likeness (QED) is 0.380. The molecule has 3 aliphatic rings. The van der Waals surface area contributed by atoms with E-state index in [4.69, 9.17) is 9.72 Å². The number of carbonyl (C=O) groups excluding carboxylic acids is 1. The van der Waals surface area contributed by atoms with Crippen LogP contribution in [-0.4, -0.2) is 95.9 Å². The van der Waals surface area contributed by atoms with E-state index >= 15 is 0 Å². The van der Waals surface area contributed by atoms with Gasteiger partial charge in [-0.3, -0.25) is 20.1 Å². The first-order valence-electron chi connectivity index (χ1n) is 14.3. The summed E-state index contributed by atoms with van der Waals surface area (Å²) in [6.45, 7) is 9.24. The van der Waals surface area contributed by atoms with Crippen molar-refractivity contribution < 1.29 is 9.53 Å². The Bertz CT molecular complexity index is 1330. The average molecular weight is 543 g/mol. The maximum Gasteiger partial charge on any atom is 0.320 e. The van der Waals surface area contributed by atoms with Gasteiger partial charge in [-0.2, -0.15) is 0 Å². The lowest BCUT2D eigenvalue weighted by Crippen LogP contribution is -2.39. The normalized spacial score (nSPS) is 20.1. The highest BCUT2D eigenvalue weighted by Gasteiger charge is 2.24. The lowest BCUT2D eigenvalue weighted by molar-refractivity contribution is 0.0363. The van der Waals surface area contributed by atoms with Crippen molar-refractivity contribution >= 4 is 28.5 Å². The van der Waals surface area contributed by atoms with E-state index in [1.54, 1.807) is 6.07 Å². The average Bonchev–Trinajstić information content (AvgIpc) is 3.63. The van der Waals surface area contributed by atoms with Crippen LogP contribution in [0.3, 0.4) is 0 Å². The topological polar surface area (TPSA) is 97.9 Å². The highest BCUT2D eigenvalue weighted by atomic mass is 16.5. The summed E-state index contributed by atoms with van der Waals surface area (Å²) in [7, 11) is 0. The SMILES string of the molecule is O=C(Nc1ccc2ncc(C3=CN(CCCN4CCOCC4)NC3)cc2n1)N[C@@H]1CCN(Cc2ccccc2)C1. The van der Waals surface area contributed by atoms with Gasteiger partial charge in [0.15, 0.2) is 0 Å². The lowest BCUT2D eigenvalue weighted by Gasteiger charge is -2.27. The summed E-state index contributed by atoms with van der Waals surface area (Å²) in [5.74, 6) is 0.520. The van der Waals surface area contributed by atoms with Crippen LogP contribution in [0.5, 0.6) is 0 Å². The van der Waals surface area contributed by atoms with Gasteiger partial charge in [-0.15, -0.1) is 0 Å². The molecule has 0 unspecified atom stereocenters. The third kappa shape index (κ3) is 6.95. The summed E-state index contributed by atoms with van der Waals surface area (Å²) in [6.07, 6.45) is 6.10. The summed E-state index contributed by atoms with van der Waals surface area (Å²) < 4.78 is 5.44. The Balaban J connectivity index is 1.01. The molecule has 3 aliphatic heterocycles. The number of benzene rings is 1. The number of nitrogens with one attached hydrogen (secondary N) is 3. The fourth-order valence-electron chi connectivity index (χ4n) is 5.60. The minimum atomic E-state index is -0.224. The maximum absolute atomic E-state index is 12.7. The Morgan fingerprint density at radius 2 is 1.90 bits per heavy atom. The number of nitrogens with zero attached hydrogens (tertiary/aromatic N) is 5. The second-order valence-corrected chi connectivity index (χ2v) is 10.8. The number of fused-ring (bicyclic) bond motifs is 1. The third-order valence-electron chi connectivity index (χ3n) is 7.77. The molecule has 1 aromatic carbocycles. The number of anilines is 1. The van der Waals surface area contributed by atoms with Crippen molar-refractivity contribution in [2.75, 3.05) is 64.3 Å². The first kappa shape index (κ1) is 26.6. The largest absolute Gasteiger partial charge is 0.379 e. The predicted molar refractivity (Wildman–Crippen MR) is 156 cm³/mol. The van der Waals surface area contributed by atoms with Crippen LogP contribution < -0.4 is 16.1 Å². The van der Waals surface area contributed by atoms with Crippen LogP contribution >= 0.6 is 0 Å². The van der Waals surface area contributed by atoms with Crippen LogP contribution in [0.2, 0.25) is 0 Å². The molecule has 3 N–H and O–H groups in total. The monoisotopic (exact) mass is 542 g/mol. The Morgan fingerprint density at radius 3 is 2.77 bits per heavy atom. The van der Waals surface area contributed by atoms with Crippen molar-refractivity contribution in [1.29, 1.82) is 0 Å². The number of pyridine rings is 2. The number of morpholine rings is 1. The molecule has 40 heavy (non-hydrogen) atoms. The lowest BCUT2D eigenvalue weighted by atomic mass is 10.1. The molecule has 3 aromatic rings. The molecule has 6 rings (SSSR count). The van der Waals surface area contributed by atoms with Crippen LogP contribution in [0.25, 0.3) is 16.6 Å². The zero-order valence-electron chi connectivity index (χ0n) is 22.9. The maximum atomic E-state index is 12.7. The summed E-state index contributed by atoms with van der Waals surface area (Å²) in [5, 5.41) is 8.19. The molecule has 0 bridgehead atoms. The standard InChI is InChI=1S/C30H38N8O2/c39-30(33-26-9-12-37(22-26)20-23-5-2-1-3-6-23)35-29-8-7-27-28(34-29)17-24(18-31-27)25-19-32-38(21-25)11-4-10-36-13-15-40-16-14-36/h1-3,5-8,17-18,21,26,32H,4,9-16,19-20,22H2,(H2,33,34,35,39)/t26-/m1/s1. The molecule has 0 spiro atoms. The van der Waals surface area contributed by atoms with Crippen LogP contribution in [0, 0.1) is 0 Å². The van der Waals surface area contributed by atoms with Crippen molar-refractivity contribution in [2.45, 2.75) is 25.4 Å². The molecular weight excluding hydrogens is 504 g/mol.